The molecule has 0 atom stereocenters. The van der Waals surface area contributed by atoms with Crippen molar-refractivity contribution in [3.05, 3.63) is 84.9 Å². The highest BCUT2D eigenvalue weighted by Crippen LogP contribution is 2.33. The maximum Gasteiger partial charge on any atom is 0.234 e. The van der Waals surface area contributed by atoms with Crippen molar-refractivity contribution in [2.75, 3.05) is 18.2 Å². The smallest absolute Gasteiger partial charge is 0.234 e. The van der Waals surface area contributed by atoms with Crippen molar-refractivity contribution in [1.82, 2.24) is 19.7 Å². The zero-order valence-electron chi connectivity index (χ0n) is 20.0. The van der Waals surface area contributed by atoms with E-state index in [9.17, 15) is 4.79 Å². The number of amides is 1. The van der Waals surface area contributed by atoms with Crippen LogP contribution in [0.2, 0.25) is 0 Å². The topological polar surface area (TPSA) is 81.9 Å². The molecule has 1 amide bonds. The van der Waals surface area contributed by atoms with Crippen molar-refractivity contribution >= 4 is 34.3 Å². The highest BCUT2D eigenvalue weighted by molar-refractivity contribution is 7.99. The van der Waals surface area contributed by atoms with E-state index in [1.807, 2.05) is 77.4 Å². The highest BCUT2D eigenvalue weighted by atomic mass is 32.2. The highest BCUT2D eigenvalue weighted by Gasteiger charge is 2.18. The number of ether oxygens (including phenoxy) is 1. The molecule has 3 aromatic carbocycles. The van der Waals surface area contributed by atoms with Crippen LogP contribution in [0.25, 0.3) is 33.5 Å². The summed E-state index contributed by atoms with van der Waals surface area (Å²) in [4.78, 5) is 17.4. The van der Waals surface area contributed by atoms with E-state index < -0.39 is 0 Å². The Balaban J connectivity index is 1.42. The largest absolute Gasteiger partial charge is 0.497 e. The number of aromatic nitrogens is 4. The third-order valence-corrected chi connectivity index (χ3v) is 6.73. The Bertz CT molecular complexity index is 1500. The van der Waals surface area contributed by atoms with Crippen LogP contribution < -0.4 is 10.1 Å². The Kier molecular flexibility index (Phi) is 6.95. The summed E-state index contributed by atoms with van der Waals surface area (Å²) in [5.41, 5.74) is 4.49. The van der Waals surface area contributed by atoms with Gasteiger partial charge in [-0.05, 0) is 43.3 Å². The lowest BCUT2D eigenvalue weighted by Gasteiger charge is -2.12. The minimum atomic E-state index is -0.113. The van der Waals surface area contributed by atoms with Crippen molar-refractivity contribution in [2.45, 2.75) is 18.6 Å². The van der Waals surface area contributed by atoms with Gasteiger partial charge in [-0.1, -0.05) is 60.3 Å². The van der Waals surface area contributed by atoms with Gasteiger partial charge in [0.05, 0.1) is 24.1 Å². The Morgan fingerprint density at radius 2 is 1.72 bits per heavy atom. The van der Waals surface area contributed by atoms with E-state index in [2.05, 4.69) is 34.6 Å². The summed E-state index contributed by atoms with van der Waals surface area (Å²) in [7, 11) is 1.61. The number of rotatable bonds is 8. The van der Waals surface area contributed by atoms with Gasteiger partial charge in [0.25, 0.3) is 0 Å². The summed E-state index contributed by atoms with van der Waals surface area (Å²) in [6.07, 6.45) is 0. The van der Waals surface area contributed by atoms with Gasteiger partial charge in [-0.25, -0.2) is 4.98 Å². The number of hydrogen-bond acceptors (Lipinski definition) is 6. The van der Waals surface area contributed by atoms with Gasteiger partial charge in [-0.2, -0.15) is 0 Å². The summed E-state index contributed by atoms with van der Waals surface area (Å²) in [5.74, 6) is 1.60. The van der Waals surface area contributed by atoms with Crippen LogP contribution in [0, 0.1) is 0 Å². The van der Waals surface area contributed by atoms with Crippen LogP contribution >= 0.6 is 11.8 Å². The molecule has 0 radical (unpaired) electrons. The fraction of sp³-hybridized carbons (Fsp3) is 0.143. The zero-order valence-corrected chi connectivity index (χ0v) is 20.8. The molecule has 180 valence electrons. The molecular formula is C28H25N5O2S. The van der Waals surface area contributed by atoms with Gasteiger partial charge in [-0.15, -0.1) is 10.2 Å². The molecule has 0 aliphatic carbocycles. The summed E-state index contributed by atoms with van der Waals surface area (Å²) in [5, 5.41) is 13.6. The Morgan fingerprint density at radius 3 is 2.47 bits per heavy atom. The van der Waals surface area contributed by atoms with E-state index in [0.717, 1.165) is 45.0 Å². The first kappa shape index (κ1) is 23.6. The van der Waals surface area contributed by atoms with E-state index in [1.165, 1.54) is 11.8 Å². The number of thioether (sulfide) groups is 1. The third kappa shape index (κ3) is 4.94. The van der Waals surface area contributed by atoms with Crippen molar-refractivity contribution in [3.63, 3.8) is 0 Å². The number of nitrogens with one attached hydrogen (secondary N) is 1. The van der Waals surface area contributed by atoms with Gasteiger partial charge in [0, 0.05) is 28.7 Å². The number of hydrogen-bond donors (Lipinski definition) is 1. The number of nitrogens with zero attached hydrogens (tertiary/aromatic N) is 4. The van der Waals surface area contributed by atoms with Crippen LogP contribution in [0.15, 0.2) is 90.1 Å². The number of anilines is 1. The fourth-order valence-corrected chi connectivity index (χ4v) is 4.80. The lowest BCUT2D eigenvalue weighted by Crippen LogP contribution is -2.14. The normalized spacial score (nSPS) is 10.9. The van der Waals surface area contributed by atoms with Crippen LogP contribution in [0.4, 0.5) is 5.69 Å². The number of benzene rings is 3. The van der Waals surface area contributed by atoms with Crippen LogP contribution in [-0.4, -0.2) is 38.5 Å². The molecule has 36 heavy (non-hydrogen) atoms. The molecule has 8 heteroatoms. The van der Waals surface area contributed by atoms with Gasteiger partial charge in [0.1, 0.15) is 5.75 Å². The van der Waals surface area contributed by atoms with Crippen LogP contribution in [0.5, 0.6) is 5.75 Å². The third-order valence-electron chi connectivity index (χ3n) is 5.77. The van der Waals surface area contributed by atoms with Crippen molar-refractivity contribution < 1.29 is 9.53 Å². The fourth-order valence-electron chi connectivity index (χ4n) is 4.00. The van der Waals surface area contributed by atoms with Gasteiger partial charge < -0.3 is 14.6 Å². The first-order chi connectivity index (χ1) is 17.7. The zero-order chi connectivity index (χ0) is 24.9. The molecule has 2 heterocycles. The summed E-state index contributed by atoms with van der Waals surface area (Å²) >= 11 is 1.37. The molecule has 0 saturated carbocycles. The van der Waals surface area contributed by atoms with E-state index >= 15 is 0 Å². The lowest BCUT2D eigenvalue weighted by molar-refractivity contribution is -0.113. The monoisotopic (exact) mass is 495 g/mol. The Labute approximate surface area is 213 Å². The van der Waals surface area contributed by atoms with Crippen LogP contribution in [0.1, 0.15) is 6.92 Å². The Morgan fingerprint density at radius 1 is 0.972 bits per heavy atom. The summed E-state index contributed by atoms with van der Waals surface area (Å²) in [6, 6.07) is 27.5. The van der Waals surface area contributed by atoms with E-state index in [0.29, 0.717) is 11.7 Å². The second-order valence-electron chi connectivity index (χ2n) is 8.05. The molecular weight excluding hydrogens is 470 g/mol. The predicted octanol–water partition coefficient (Wildman–Crippen LogP) is 5.92. The molecule has 0 bridgehead atoms. The van der Waals surface area contributed by atoms with Crippen molar-refractivity contribution in [3.8, 4) is 28.4 Å². The quantitative estimate of drug-likeness (QED) is 0.269. The van der Waals surface area contributed by atoms with E-state index in [4.69, 9.17) is 9.72 Å². The summed E-state index contributed by atoms with van der Waals surface area (Å²) in [6.45, 7) is 2.72. The van der Waals surface area contributed by atoms with Crippen molar-refractivity contribution in [1.29, 1.82) is 0 Å². The molecule has 5 rings (SSSR count). The minimum Gasteiger partial charge on any atom is -0.497 e. The van der Waals surface area contributed by atoms with Gasteiger partial charge in [0.2, 0.25) is 5.91 Å². The summed E-state index contributed by atoms with van der Waals surface area (Å²) < 4.78 is 7.21. The van der Waals surface area contributed by atoms with E-state index in [1.54, 1.807) is 7.11 Å². The molecule has 0 spiro atoms. The maximum atomic E-state index is 12.6. The van der Waals surface area contributed by atoms with E-state index in [-0.39, 0.29) is 11.7 Å². The second-order valence-corrected chi connectivity index (χ2v) is 9.00. The standard InChI is InChI=1S/C28H25N5O2S/c1-3-33-27(31-32-28(33)36-18-26(34)29-20-13-15-21(35-2)16-14-20)23-17-25(19-9-5-4-6-10-19)30-24-12-8-7-11-22(23)24/h4-17H,3,18H2,1-2H3,(H,29,34). The van der Waals surface area contributed by atoms with Crippen LogP contribution in [0.3, 0.4) is 0 Å². The molecule has 0 fully saturated rings. The second kappa shape index (κ2) is 10.6. The average molecular weight is 496 g/mol. The average Bonchev–Trinajstić information content (AvgIpc) is 3.35. The van der Waals surface area contributed by atoms with Gasteiger partial charge in [-0.3, -0.25) is 4.79 Å². The first-order valence-corrected chi connectivity index (χ1v) is 12.6. The number of para-hydroxylation sites is 1. The molecule has 0 saturated heterocycles. The number of carbonyl (C=O) groups is 1. The number of methoxy groups -OCH3 is 1. The number of fused-ring (bicyclic) bond motifs is 1. The minimum absolute atomic E-state index is 0.113. The van der Waals surface area contributed by atoms with Crippen molar-refractivity contribution in [2.24, 2.45) is 0 Å². The molecule has 0 aliphatic heterocycles. The van der Waals surface area contributed by atoms with Gasteiger partial charge in [0.15, 0.2) is 11.0 Å². The van der Waals surface area contributed by atoms with Crippen LogP contribution in [-0.2, 0) is 11.3 Å². The number of carbonyl (C=O) groups excluding carboxylic acids is 1. The molecule has 7 nitrogen and oxygen atoms in total. The molecule has 1 N–H and O–H groups in total. The molecule has 5 aromatic rings. The predicted molar refractivity (Wildman–Crippen MR) is 144 cm³/mol. The lowest BCUT2D eigenvalue weighted by atomic mass is 10.0. The molecule has 0 aliphatic rings. The molecule has 0 unspecified atom stereocenters. The first-order valence-electron chi connectivity index (χ1n) is 11.6. The molecule has 2 aromatic heterocycles. The maximum absolute atomic E-state index is 12.6. The van der Waals surface area contributed by atoms with Gasteiger partial charge >= 0.3 is 0 Å². The Hall–Kier alpha value is -4.17. The SMILES string of the molecule is CCn1c(SCC(=O)Nc2ccc(OC)cc2)nnc1-c1cc(-c2ccccc2)nc2ccccc12. The number of pyridine rings is 1.